The highest BCUT2D eigenvalue weighted by Gasteiger charge is 2.27. The third-order valence-corrected chi connectivity index (χ3v) is 7.38. The van der Waals surface area contributed by atoms with Gasteiger partial charge in [-0.15, -0.1) is 0 Å². The summed E-state index contributed by atoms with van der Waals surface area (Å²) in [6.07, 6.45) is 2.44. The van der Waals surface area contributed by atoms with E-state index in [1.807, 2.05) is 24.3 Å². The van der Waals surface area contributed by atoms with Crippen LogP contribution in [0.5, 0.6) is 0 Å². The number of hydrogen-bond donors (Lipinski definition) is 1. The minimum Gasteiger partial charge on any atom is -0.272 e. The van der Waals surface area contributed by atoms with E-state index in [0.717, 1.165) is 16.3 Å². The lowest BCUT2D eigenvalue weighted by atomic mass is 10.1. The molecule has 0 unspecified atom stereocenters. The van der Waals surface area contributed by atoms with Crippen LogP contribution in [-0.2, 0) is 27.8 Å². The van der Waals surface area contributed by atoms with Gasteiger partial charge in [-0.1, -0.05) is 78.7 Å². The summed E-state index contributed by atoms with van der Waals surface area (Å²) in [5, 5.41) is 4.61. The number of hydrazone groups is 1. The summed E-state index contributed by atoms with van der Waals surface area (Å²) >= 11 is 12.0. The van der Waals surface area contributed by atoms with Gasteiger partial charge in [-0.05, 0) is 47.4 Å². The molecule has 3 rings (SSSR count). The molecular weight excluding hydrogens is 481 g/mol. The molecule has 0 atom stereocenters. The zero-order valence-electron chi connectivity index (χ0n) is 17.9. The van der Waals surface area contributed by atoms with Crippen LogP contribution >= 0.6 is 23.2 Å². The Bertz CT molecular complexity index is 1230. The average molecular weight is 504 g/mol. The second-order valence-corrected chi connectivity index (χ2v) is 9.98. The molecule has 0 radical (unpaired) electrons. The number of benzene rings is 3. The first kappa shape index (κ1) is 24.9. The SMILES string of the molecule is CCc1ccc(/C=N\NC(=O)CN(Cc2ccc(Cl)c(Cl)c2)S(=O)(=O)c2ccccc2)cc1. The van der Waals surface area contributed by atoms with Gasteiger partial charge in [0.25, 0.3) is 5.91 Å². The Kier molecular flexibility index (Phi) is 8.63. The molecule has 0 fully saturated rings. The van der Waals surface area contributed by atoms with Gasteiger partial charge >= 0.3 is 0 Å². The van der Waals surface area contributed by atoms with E-state index in [0.29, 0.717) is 15.6 Å². The Morgan fingerprint density at radius 1 is 0.970 bits per heavy atom. The van der Waals surface area contributed by atoms with Crippen LogP contribution in [0.15, 0.2) is 82.8 Å². The predicted octanol–water partition coefficient (Wildman–Crippen LogP) is 4.90. The number of sulfonamides is 1. The number of nitrogens with zero attached hydrogens (tertiary/aromatic N) is 2. The highest BCUT2D eigenvalue weighted by molar-refractivity contribution is 7.89. The third kappa shape index (κ3) is 6.88. The average Bonchev–Trinajstić information content (AvgIpc) is 2.82. The molecule has 1 N–H and O–H groups in total. The summed E-state index contributed by atoms with van der Waals surface area (Å²) < 4.78 is 27.5. The van der Waals surface area contributed by atoms with Crippen LogP contribution in [0.4, 0.5) is 0 Å². The van der Waals surface area contributed by atoms with Gasteiger partial charge in [0.15, 0.2) is 0 Å². The Balaban J connectivity index is 1.77. The molecule has 1 amide bonds. The van der Waals surface area contributed by atoms with E-state index >= 15 is 0 Å². The molecule has 0 saturated heterocycles. The number of aryl methyl sites for hydroxylation is 1. The summed E-state index contributed by atoms with van der Waals surface area (Å²) in [5.74, 6) is -0.573. The molecule has 0 aliphatic rings. The van der Waals surface area contributed by atoms with Gasteiger partial charge in [0, 0.05) is 6.54 Å². The lowest BCUT2D eigenvalue weighted by Gasteiger charge is -2.21. The molecule has 0 aliphatic carbocycles. The van der Waals surface area contributed by atoms with Gasteiger partial charge in [0.1, 0.15) is 0 Å². The minimum atomic E-state index is -3.96. The second-order valence-electron chi connectivity index (χ2n) is 7.22. The quantitative estimate of drug-likeness (QED) is 0.333. The standard InChI is InChI=1S/C24H23Cl2N3O3S/c1-2-18-8-10-19(11-9-18)15-27-28-24(30)17-29(16-20-12-13-22(25)23(26)14-20)33(31,32)21-6-4-3-5-7-21/h3-15H,2,16-17H2,1H3,(H,28,30)/b27-15-. The fraction of sp³-hybridized carbons (Fsp3) is 0.167. The van der Waals surface area contributed by atoms with Crippen LogP contribution in [0, 0.1) is 0 Å². The Morgan fingerprint density at radius 2 is 1.64 bits per heavy atom. The first-order chi connectivity index (χ1) is 15.8. The lowest BCUT2D eigenvalue weighted by molar-refractivity contribution is -0.121. The first-order valence-electron chi connectivity index (χ1n) is 10.2. The van der Waals surface area contributed by atoms with Crippen molar-refractivity contribution < 1.29 is 13.2 Å². The summed E-state index contributed by atoms with van der Waals surface area (Å²) in [4.78, 5) is 12.6. The number of halogens is 2. The molecule has 3 aromatic rings. The van der Waals surface area contributed by atoms with Gasteiger partial charge in [0.05, 0.1) is 27.7 Å². The largest absolute Gasteiger partial charge is 0.272 e. The summed E-state index contributed by atoms with van der Waals surface area (Å²) in [5.41, 5.74) is 5.00. The summed E-state index contributed by atoms with van der Waals surface area (Å²) in [6.45, 7) is 1.57. The minimum absolute atomic E-state index is 0.0657. The Morgan fingerprint density at radius 3 is 2.27 bits per heavy atom. The van der Waals surface area contributed by atoms with Crippen molar-refractivity contribution in [2.45, 2.75) is 24.8 Å². The van der Waals surface area contributed by atoms with Crippen LogP contribution in [0.3, 0.4) is 0 Å². The van der Waals surface area contributed by atoms with Crippen LogP contribution < -0.4 is 5.43 Å². The molecule has 0 bridgehead atoms. The van der Waals surface area contributed by atoms with E-state index in [2.05, 4.69) is 17.5 Å². The number of carbonyl (C=O) groups excluding carboxylic acids is 1. The molecule has 0 spiro atoms. The van der Waals surface area contributed by atoms with Gasteiger partial charge in [-0.3, -0.25) is 4.79 Å². The van der Waals surface area contributed by atoms with Gasteiger partial charge in [-0.25, -0.2) is 13.8 Å². The fourth-order valence-electron chi connectivity index (χ4n) is 3.02. The van der Waals surface area contributed by atoms with Crippen molar-refractivity contribution >= 4 is 45.3 Å². The van der Waals surface area contributed by atoms with E-state index in [9.17, 15) is 13.2 Å². The molecule has 3 aromatic carbocycles. The molecule has 0 aromatic heterocycles. The number of rotatable bonds is 9. The van der Waals surface area contributed by atoms with Gasteiger partial charge < -0.3 is 0 Å². The van der Waals surface area contributed by atoms with E-state index in [1.54, 1.807) is 36.4 Å². The monoisotopic (exact) mass is 503 g/mol. The molecule has 9 heteroatoms. The summed E-state index contributed by atoms with van der Waals surface area (Å²) in [6, 6.07) is 20.5. The molecule has 0 saturated carbocycles. The number of carbonyl (C=O) groups is 1. The lowest BCUT2D eigenvalue weighted by Crippen LogP contribution is -2.39. The topological polar surface area (TPSA) is 78.8 Å². The highest BCUT2D eigenvalue weighted by atomic mass is 35.5. The smallest absolute Gasteiger partial charge is 0.255 e. The fourth-order valence-corrected chi connectivity index (χ4v) is 4.75. The van der Waals surface area contributed by atoms with E-state index in [4.69, 9.17) is 23.2 Å². The van der Waals surface area contributed by atoms with Crippen molar-refractivity contribution in [3.05, 3.63) is 99.5 Å². The van der Waals surface area contributed by atoms with Crippen LogP contribution in [0.25, 0.3) is 0 Å². The third-order valence-electron chi connectivity index (χ3n) is 4.83. The van der Waals surface area contributed by atoms with Crippen molar-refractivity contribution in [1.29, 1.82) is 0 Å². The molecule has 0 aliphatic heterocycles. The second kappa shape index (κ2) is 11.4. The van der Waals surface area contributed by atoms with E-state index < -0.39 is 22.5 Å². The zero-order chi connectivity index (χ0) is 23.8. The van der Waals surface area contributed by atoms with Crippen molar-refractivity contribution in [3.63, 3.8) is 0 Å². The maximum atomic E-state index is 13.2. The van der Waals surface area contributed by atoms with E-state index in [1.165, 1.54) is 23.9 Å². The summed E-state index contributed by atoms with van der Waals surface area (Å²) in [7, 11) is -3.96. The predicted molar refractivity (Wildman–Crippen MR) is 132 cm³/mol. The molecule has 6 nitrogen and oxygen atoms in total. The maximum Gasteiger partial charge on any atom is 0.255 e. The van der Waals surface area contributed by atoms with Gasteiger partial charge in [0.2, 0.25) is 10.0 Å². The van der Waals surface area contributed by atoms with Crippen LogP contribution in [0.2, 0.25) is 10.0 Å². The van der Waals surface area contributed by atoms with Crippen molar-refractivity contribution in [2.75, 3.05) is 6.54 Å². The van der Waals surface area contributed by atoms with Crippen LogP contribution in [0.1, 0.15) is 23.6 Å². The number of nitrogens with one attached hydrogen (secondary N) is 1. The Hall–Kier alpha value is -2.71. The van der Waals surface area contributed by atoms with Crippen molar-refractivity contribution in [1.82, 2.24) is 9.73 Å². The first-order valence-corrected chi connectivity index (χ1v) is 12.4. The van der Waals surface area contributed by atoms with Gasteiger partial charge in [-0.2, -0.15) is 9.41 Å². The normalized spacial score (nSPS) is 11.8. The Labute approximate surface area is 203 Å². The van der Waals surface area contributed by atoms with Crippen LogP contribution in [-0.4, -0.2) is 31.4 Å². The van der Waals surface area contributed by atoms with Crippen molar-refractivity contribution in [2.24, 2.45) is 5.10 Å². The molecule has 33 heavy (non-hydrogen) atoms. The number of amides is 1. The molecular formula is C24H23Cl2N3O3S. The maximum absolute atomic E-state index is 13.2. The molecule has 172 valence electrons. The number of hydrogen-bond acceptors (Lipinski definition) is 4. The highest BCUT2D eigenvalue weighted by Crippen LogP contribution is 2.25. The van der Waals surface area contributed by atoms with Crippen molar-refractivity contribution in [3.8, 4) is 0 Å². The van der Waals surface area contributed by atoms with E-state index in [-0.39, 0.29) is 11.4 Å². The molecule has 0 heterocycles. The zero-order valence-corrected chi connectivity index (χ0v) is 20.2.